The van der Waals surface area contributed by atoms with Crippen molar-refractivity contribution < 1.29 is 13.2 Å². The fourth-order valence-corrected chi connectivity index (χ4v) is 0.925. The molecule has 1 nitrogen and oxygen atoms in total. The van der Waals surface area contributed by atoms with E-state index >= 15 is 0 Å². The Kier molecular flexibility index (Phi) is 4.67. The van der Waals surface area contributed by atoms with Gasteiger partial charge in [0.2, 0.25) is 0 Å². The van der Waals surface area contributed by atoms with Crippen LogP contribution in [0.2, 0.25) is 0 Å². The van der Waals surface area contributed by atoms with Crippen LogP contribution in [0.1, 0.15) is 11.6 Å². The highest BCUT2D eigenvalue weighted by atomic mass is 35.5. The van der Waals surface area contributed by atoms with Crippen LogP contribution in [0.5, 0.6) is 0 Å². The number of hydrogen-bond acceptors (Lipinski definition) is 1. The Morgan fingerprint density at radius 2 is 1.79 bits per heavy atom. The minimum Gasteiger partial charge on any atom is -0.321 e. The van der Waals surface area contributed by atoms with Gasteiger partial charge in [0.25, 0.3) is 0 Å². The normalized spacial score (nSPS) is 11.7. The third kappa shape index (κ3) is 2.27. The highest BCUT2D eigenvalue weighted by Crippen LogP contribution is 2.20. The zero-order chi connectivity index (χ0) is 10.0. The van der Waals surface area contributed by atoms with Crippen LogP contribution in [-0.2, 0) is 0 Å². The van der Waals surface area contributed by atoms with Crippen molar-refractivity contribution in [2.24, 2.45) is 5.73 Å². The Bertz CT molecular complexity index is 341. The molecule has 78 valence electrons. The third-order valence-corrected chi connectivity index (χ3v) is 1.68. The van der Waals surface area contributed by atoms with Crippen LogP contribution in [0, 0.1) is 17.5 Å². The van der Waals surface area contributed by atoms with Crippen molar-refractivity contribution in [3.63, 3.8) is 0 Å². The molecule has 0 spiro atoms. The van der Waals surface area contributed by atoms with Crippen molar-refractivity contribution in [2.75, 3.05) is 0 Å². The van der Waals surface area contributed by atoms with E-state index in [1.54, 1.807) is 0 Å². The van der Waals surface area contributed by atoms with Gasteiger partial charge in [0.1, 0.15) is 0 Å². The zero-order valence-electron chi connectivity index (χ0n) is 7.14. The van der Waals surface area contributed by atoms with Crippen molar-refractivity contribution in [3.05, 3.63) is 47.8 Å². The Morgan fingerprint density at radius 1 is 1.21 bits per heavy atom. The number of hydrogen-bond donors (Lipinski definition) is 1. The lowest BCUT2D eigenvalue weighted by atomic mass is 10.1. The number of rotatable bonds is 2. The highest BCUT2D eigenvalue weighted by Gasteiger charge is 2.15. The molecule has 0 aliphatic rings. The summed E-state index contributed by atoms with van der Waals surface area (Å²) in [6.45, 7) is 3.32. The van der Waals surface area contributed by atoms with Crippen LogP contribution < -0.4 is 5.73 Å². The van der Waals surface area contributed by atoms with Crippen LogP contribution in [0.25, 0.3) is 0 Å². The minimum absolute atomic E-state index is 0. The van der Waals surface area contributed by atoms with E-state index in [0.717, 1.165) is 12.1 Å². The summed E-state index contributed by atoms with van der Waals surface area (Å²) in [7, 11) is 0. The lowest BCUT2D eigenvalue weighted by Gasteiger charge is -2.08. The molecule has 0 unspecified atom stereocenters. The topological polar surface area (TPSA) is 26.0 Å². The lowest BCUT2D eigenvalue weighted by molar-refractivity contribution is 0.439. The number of benzene rings is 1. The molecule has 0 amide bonds. The van der Waals surface area contributed by atoms with Gasteiger partial charge in [-0.15, -0.1) is 19.0 Å². The first-order chi connectivity index (χ1) is 6.07. The largest absolute Gasteiger partial charge is 0.321 e. The van der Waals surface area contributed by atoms with E-state index < -0.39 is 23.5 Å². The van der Waals surface area contributed by atoms with Crippen LogP contribution in [-0.4, -0.2) is 0 Å². The molecule has 0 radical (unpaired) electrons. The molecule has 0 aromatic heterocycles. The van der Waals surface area contributed by atoms with Crippen molar-refractivity contribution in [3.8, 4) is 0 Å². The minimum atomic E-state index is -1.50. The average molecular weight is 224 g/mol. The summed E-state index contributed by atoms with van der Waals surface area (Å²) in [5.74, 6) is -3.99. The fourth-order valence-electron chi connectivity index (χ4n) is 0.925. The Balaban J connectivity index is 0.00000169. The molecule has 1 aromatic rings. The van der Waals surface area contributed by atoms with Crippen molar-refractivity contribution >= 4 is 12.4 Å². The zero-order valence-corrected chi connectivity index (χ0v) is 7.95. The second-order valence-corrected chi connectivity index (χ2v) is 2.53. The summed E-state index contributed by atoms with van der Waals surface area (Å²) in [5, 5.41) is 0. The van der Waals surface area contributed by atoms with Crippen LogP contribution in [0.3, 0.4) is 0 Å². The predicted octanol–water partition coefficient (Wildman–Crippen LogP) is 2.71. The van der Waals surface area contributed by atoms with Gasteiger partial charge >= 0.3 is 0 Å². The van der Waals surface area contributed by atoms with Gasteiger partial charge in [-0.3, -0.25) is 0 Å². The Hall–Kier alpha value is -1.00. The molecule has 0 bridgehead atoms. The Labute approximate surface area is 85.8 Å². The maximum absolute atomic E-state index is 13.0. The molecular formula is C9H9ClF3N. The molecule has 0 fully saturated rings. The van der Waals surface area contributed by atoms with Crippen molar-refractivity contribution in [2.45, 2.75) is 6.04 Å². The quantitative estimate of drug-likeness (QED) is 0.606. The van der Waals surface area contributed by atoms with Gasteiger partial charge in [0, 0.05) is 5.56 Å². The van der Waals surface area contributed by atoms with E-state index in [-0.39, 0.29) is 18.0 Å². The average Bonchev–Trinajstić information content (AvgIpc) is 2.13. The Morgan fingerprint density at radius 3 is 2.29 bits per heavy atom. The van der Waals surface area contributed by atoms with E-state index in [1.165, 1.54) is 6.08 Å². The second kappa shape index (κ2) is 5.02. The molecule has 0 saturated heterocycles. The van der Waals surface area contributed by atoms with E-state index in [0.29, 0.717) is 0 Å². The second-order valence-electron chi connectivity index (χ2n) is 2.53. The van der Waals surface area contributed by atoms with Crippen LogP contribution >= 0.6 is 12.4 Å². The maximum atomic E-state index is 13.0. The van der Waals surface area contributed by atoms with E-state index in [2.05, 4.69) is 6.58 Å². The molecule has 1 rings (SSSR count). The number of nitrogens with two attached hydrogens (primary N) is 1. The summed E-state index contributed by atoms with van der Waals surface area (Å²) in [4.78, 5) is 0. The maximum Gasteiger partial charge on any atom is 0.194 e. The van der Waals surface area contributed by atoms with Gasteiger partial charge in [-0.2, -0.15) is 0 Å². The van der Waals surface area contributed by atoms with Crippen molar-refractivity contribution in [1.29, 1.82) is 0 Å². The molecule has 0 saturated carbocycles. The first-order valence-electron chi connectivity index (χ1n) is 3.59. The van der Waals surface area contributed by atoms with Gasteiger partial charge in [0.05, 0.1) is 6.04 Å². The molecule has 1 aromatic carbocycles. The molecule has 2 N–H and O–H groups in total. The molecule has 0 heterocycles. The standard InChI is InChI=1S/C9H8F3N.ClH/c1-2-7(13)5-3-4-6(10)9(12)8(5)11;/h2-4,7H,1,13H2;1H/t7-;/m0./s1. The van der Waals surface area contributed by atoms with Crippen LogP contribution in [0.4, 0.5) is 13.2 Å². The molecular weight excluding hydrogens is 215 g/mol. The molecule has 5 heteroatoms. The van der Waals surface area contributed by atoms with Gasteiger partial charge < -0.3 is 5.73 Å². The van der Waals surface area contributed by atoms with Gasteiger partial charge in [0.15, 0.2) is 17.5 Å². The monoisotopic (exact) mass is 223 g/mol. The summed E-state index contributed by atoms with van der Waals surface area (Å²) in [5.41, 5.74) is 5.26. The molecule has 0 aliphatic heterocycles. The molecule has 14 heavy (non-hydrogen) atoms. The fraction of sp³-hybridized carbons (Fsp3) is 0.111. The van der Waals surface area contributed by atoms with E-state index in [9.17, 15) is 13.2 Å². The summed E-state index contributed by atoms with van der Waals surface area (Å²) in [6, 6.07) is 1.10. The van der Waals surface area contributed by atoms with Gasteiger partial charge in [-0.25, -0.2) is 13.2 Å². The summed E-state index contributed by atoms with van der Waals surface area (Å²) >= 11 is 0. The smallest absolute Gasteiger partial charge is 0.194 e. The highest BCUT2D eigenvalue weighted by molar-refractivity contribution is 5.85. The van der Waals surface area contributed by atoms with E-state index in [4.69, 9.17) is 5.73 Å². The SMILES string of the molecule is C=C[C@H](N)c1ccc(F)c(F)c1F.Cl. The van der Waals surface area contributed by atoms with E-state index in [1.807, 2.05) is 0 Å². The van der Waals surface area contributed by atoms with Crippen molar-refractivity contribution in [1.82, 2.24) is 0 Å². The first kappa shape index (κ1) is 13.0. The molecule has 0 aliphatic carbocycles. The first-order valence-corrected chi connectivity index (χ1v) is 3.59. The predicted molar refractivity (Wildman–Crippen MR) is 50.7 cm³/mol. The van der Waals surface area contributed by atoms with Crippen LogP contribution in [0.15, 0.2) is 24.8 Å². The summed E-state index contributed by atoms with van der Waals surface area (Å²) in [6.07, 6.45) is 1.25. The molecule has 1 atom stereocenters. The third-order valence-electron chi connectivity index (χ3n) is 1.68. The number of halogens is 4. The van der Waals surface area contributed by atoms with Gasteiger partial charge in [-0.1, -0.05) is 12.1 Å². The summed E-state index contributed by atoms with van der Waals surface area (Å²) < 4.78 is 38.1. The lowest BCUT2D eigenvalue weighted by Crippen LogP contribution is -2.10. The van der Waals surface area contributed by atoms with Gasteiger partial charge in [-0.05, 0) is 6.07 Å².